The van der Waals surface area contributed by atoms with Gasteiger partial charge >= 0.3 is 16.5 Å². The molecular formula is C6H4N2NiO2. The van der Waals surface area contributed by atoms with Crippen LogP contribution in [0.15, 0.2) is 34.6 Å². The van der Waals surface area contributed by atoms with Crippen LogP contribution in [0.2, 0.25) is 0 Å². The molecule has 1 rings (SSSR count). The zero-order valence-electron chi connectivity index (χ0n) is 5.34. The van der Waals surface area contributed by atoms with Crippen LogP contribution in [0.4, 0.5) is 0 Å². The maximum Gasteiger partial charge on any atom is 2.00 e. The fraction of sp³-hybridized carbons (Fsp3) is 0. The van der Waals surface area contributed by atoms with Gasteiger partial charge in [0.1, 0.15) is 0 Å². The molecule has 0 saturated heterocycles. The van der Waals surface area contributed by atoms with Crippen LogP contribution in [0, 0.1) is 10.4 Å². The van der Waals surface area contributed by atoms with Crippen molar-refractivity contribution < 1.29 is 16.5 Å². The van der Waals surface area contributed by atoms with E-state index in [0.29, 0.717) is 11.4 Å². The molecule has 0 aromatic heterocycles. The fourth-order valence-corrected chi connectivity index (χ4v) is 0.574. The summed E-state index contributed by atoms with van der Waals surface area (Å²) >= 11 is 0. The van der Waals surface area contributed by atoms with Gasteiger partial charge in [0, 0.05) is 0 Å². The molecular weight excluding hydrogens is 191 g/mol. The minimum Gasteiger partial charge on any atom is -0.792 e. The average Bonchev–Trinajstić information content (AvgIpc) is 2.05. The van der Waals surface area contributed by atoms with Gasteiger partial charge in [-0.2, -0.15) is 0 Å². The van der Waals surface area contributed by atoms with Crippen molar-refractivity contribution in [2.45, 2.75) is 0 Å². The summed E-state index contributed by atoms with van der Waals surface area (Å²) in [5, 5.41) is 25.0. The second-order valence-corrected chi connectivity index (χ2v) is 1.70. The van der Waals surface area contributed by atoms with Crippen LogP contribution in [-0.2, 0) is 16.5 Å². The van der Waals surface area contributed by atoms with Gasteiger partial charge in [-0.05, 0) is 24.3 Å². The van der Waals surface area contributed by atoms with E-state index in [9.17, 15) is 10.4 Å². The Morgan fingerprint density at radius 3 is 1.27 bits per heavy atom. The van der Waals surface area contributed by atoms with Gasteiger partial charge in [0.15, 0.2) is 0 Å². The molecule has 11 heavy (non-hydrogen) atoms. The van der Waals surface area contributed by atoms with Gasteiger partial charge in [-0.3, -0.25) is 0 Å². The van der Waals surface area contributed by atoms with Gasteiger partial charge in [-0.1, -0.05) is 0 Å². The molecule has 0 spiro atoms. The second kappa shape index (κ2) is 4.69. The van der Waals surface area contributed by atoms with Crippen molar-refractivity contribution in [1.82, 2.24) is 0 Å². The Labute approximate surface area is 73.5 Å². The molecule has 0 radical (unpaired) electrons. The fourth-order valence-electron chi connectivity index (χ4n) is 0.574. The normalized spacial score (nSPS) is 14.2. The molecule has 0 atom stereocenters. The van der Waals surface area contributed by atoms with E-state index in [0.717, 1.165) is 0 Å². The van der Waals surface area contributed by atoms with Crippen LogP contribution >= 0.6 is 0 Å². The van der Waals surface area contributed by atoms with E-state index < -0.39 is 0 Å². The molecule has 4 nitrogen and oxygen atoms in total. The SMILES string of the molecule is [Ni+2].[O-]N=C1C=CC(=N[O-])C=C1. The number of rotatable bonds is 0. The first kappa shape index (κ1) is 9.91. The summed E-state index contributed by atoms with van der Waals surface area (Å²) in [6.45, 7) is 0. The third-order valence-electron chi connectivity index (χ3n) is 1.06. The molecule has 0 heterocycles. The average molecular weight is 195 g/mol. The molecule has 0 aromatic carbocycles. The smallest absolute Gasteiger partial charge is 0.792 e. The molecule has 0 aliphatic heterocycles. The third kappa shape index (κ3) is 2.55. The topological polar surface area (TPSA) is 70.8 Å². The van der Waals surface area contributed by atoms with Gasteiger partial charge < -0.3 is 20.7 Å². The Bertz CT molecular complexity index is 201. The predicted molar refractivity (Wildman–Crippen MR) is 39.9 cm³/mol. The van der Waals surface area contributed by atoms with Crippen LogP contribution < -0.4 is 0 Å². The largest absolute Gasteiger partial charge is 2.00 e. The van der Waals surface area contributed by atoms with Crippen molar-refractivity contribution in [3.63, 3.8) is 0 Å². The molecule has 0 aromatic rings. The van der Waals surface area contributed by atoms with Crippen molar-refractivity contribution >= 4 is 11.4 Å². The van der Waals surface area contributed by atoms with Crippen LogP contribution in [-0.4, -0.2) is 11.4 Å². The summed E-state index contributed by atoms with van der Waals surface area (Å²) in [6, 6.07) is 0. The predicted octanol–water partition coefficient (Wildman–Crippen LogP) is 0.988. The Balaban J connectivity index is 0.000001000. The third-order valence-corrected chi connectivity index (χ3v) is 1.06. The number of allylic oxidation sites excluding steroid dienone is 4. The zero-order valence-corrected chi connectivity index (χ0v) is 6.32. The molecule has 0 N–H and O–H groups in total. The quantitative estimate of drug-likeness (QED) is 0.328. The van der Waals surface area contributed by atoms with E-state index in [2.05, 4.69) is 10.3 Å². The Kier molecular flexibility index (Phi) is 4.22. The van der Waals surface area contributed by atoms with Crippen LogP contribution in [0.1, 0.15) is 0 Å². The Morgan fingerprint density at radius 1 is 0.818 bits per heavy atom. The van der Waals surface area contributed by atoms with Crippen molar-refractivity contribution in [2.24, 2.45) is 10.3 Å². The molecule has 0 bridgehead atoms. The molecule has 0 amide bonds. The standard InChI is InChI=1S/C6H6N2O2.Ni/c9-7-5-1-2-6(8-10)4-3-5;/h1-4,9-10H;/q;+2/p-2. The molecule has 5 heteroatoms. The summed E-state index contributed by atoms with van der Waals surface area (Å²) in [7, 11) is 0. The van der Waals surface area contributed by atoms with Gasteiger partial charge in [0.05, 0.1) is 11.4 Å². The van der Waals surface area contributed by atoms with E-state index in [1.165, 1.54) is 24.3 Å². The summed E-state index contributed by atoms with van der Waals surface area (Å²) in [4.78, 5) is 0. The summed E-state index contributed by atoms with van der Waals surface area (Å²) < 4.78 is 0. The first-order chi connectivity index (χ1) is 4.86. The van der Waals surface area contributed by atoms with Crippen molar-refractivity contribution in [2.75, 3.05) is 0 Å². The summed E-state index contributed by atoms with van der Waals surface area (Å²) in [5.74, 6) is 0. The minimum absolute atomic E-state index is 0. The van der Waals surface area contributed by atoms with Gasteiger partial charge in [0.25, 0.3) is 0 Å². The van der Waals surface area contributed by atoms with Crippen LogP contribution in [0.5, 0.6) is 0 Å². The monoisotopic (exact) mass is 194 g/mol. The van der Waals surface area contributed by atoms with Crippen molar-refractivity contribution in [3.8, 4) is 0 Å². The first-order valence-corrected chi connectivity index (χ1v) is 2.63. The Morgan fingerprint density at radius 2 is 1.09 bits per heavy atom. The maximum absolute atomic E-state index is 9.85. The molecule has 0 fully saturated rings. The van der Waals surface area contributed by atoms with Crippen molar-refractivity contribution in [1.29, 1.82) is 0 Å². The molecule has 60 valence electrons. The molecule has 1 aliphatic carbocycles. The number of hydrogen-bond donors (Lipinski definition) is 0. The number of nitrogens with zero attached hydrogens (tertiary/aromatic N) is 2. The Hall–Kier alpha value is -1.09. The van der Waals surface area contributed by atoms with E-state index in [1.54, 1.807) is 0 Å². The van der Waals surface area contributed by atoms with Crippen LogP contribution in [0.25, 0.3) is 0 Å². The summed E-state index contributed by atoms with van der Waals surface area (Å²) in [6.07, 6.45) is 5.74. The van der Waals surface area contributed by atoms with E-state index in [-0.39, 0.29) is 16.5 Å². The van der Waals surface area contributed by atoms with Crippen LogP contribution in [0.3, 0.4) is 0 Å². The molecule has 0 saturated carbocycles. The zero-order chi connectivity index (χ0) is 7.40. The minimum atomic E-state index is 0. The van der Waals surface area contributed by atoms with Gasteiger partial charge in [-0.25, -0.2) is 0 Å². The summed E-state index contributed by atoms with van der Waals surface area (Å²) in [5.41, 5.74) is 0.597. The van der Waals surface area contributed by atoms with Gasteiger partial charge in [-0.15, -0.1) is 0 Å². The molecule has 1 aliphatic rings. The van der Waals surface area contributed by atoms with Gasteiger partial charge in [0.2, 0.25) is 0 Å². The van der Waals surface area contributed by atoms with Crippen molar-refractivity contribution in [3.05, 3.63) is 34.7 Å². The van der Waals surface area contributed by atoms with E-state index in [1.807, 2.05) is 0 Å². The number of hydrogen-bond acceptors (Lipinski definition) is 4. The van der Waals surface area contributed by atoms with E-state index >= 15 is 0 Å². The second-order valence-electron chi connectivity index (χ2n) is 1.70. The maximum atomic E-state index is 9.85. The molecule has 0 unspecified atom stereocenters. The first-order valence-electron chi connectivity index (χ1n) is 2.63. The van der Waals surface area contributed by atoms with E-state index in [4.69, 9.17) is 0 Å².